The third-order valence-electron chi connectivity index (χ3n) is 3.11. The Balaban J connectivity index is 2.93. The van der Waals surface area contributed by atoms with Gasteiger partial charge in [0.15, 0.2) is 5.16 Å². The van der Waals surface area contributed by atoms with E-state index >= 15 is 0 Å². The van der Waals surface area contributed by atoms with Gasteiger partial charge in [-0.05, 0) is 19.8 Å². The van der Waals surface area contributed by atoms with Crippen molar-refractivity contribution >= 4 is 23.7 Å². The normalized spacial score (nSPS) is 12.7. The van der Waals surface area contributed by atoms with Crippen molar-refractivity contribution in [1.82, 2.24) is 14.8 Å². The van der Waals surface area contributed by atoms with E-state index in [9.17, 15) is 4.79 Å². The molecule has 1 atom stereocenters. The first-order chi connectivity index (χ1) is 9.36. The fraction of sp³-hybridized carbons (Fsp3) is 0.769. The van der Waals surface area contributed by atoms with Crippen molar-refractivity contribution in [2.24, 2.45) is 5.92 Å². The van der Waals surface area contributed by atoms with Crippen LogP contribution in [0, 0.1) is 5.92 Å². The molecule has 20 heavy (non-hydrogen) atoms. The highest BCUT2D eigenvalue weighted by Gasteiger charge is 2.19. The summed E-state index contributed by atoms with van der Waals surface area (Å²) < 4.78 is 2.00. The summed E-state index contributed by atoms with van der Waals surface area (Å²) in [5.74, 6) is 0.531. The van der Waals surface area contributed by atoms with Crippen molar-refractivity contribution in [3.63, 3.8) is 0 Å². The highest BCUT2D eigenvalue weighted by Crippen LogP contribution is 2.26. The molecule has 114 valence electrons. The largest absolute Gasteiger partial charge is 0.481 e. The molecule has 1 N–H and O–H groups in total. The predicted octanol–water partition coefficient (Wildman–Crippen LogP) is 2.52. The van der Waals surface area contributed by atoms with E-state index < -0.39 is 5.97 Å². The lowest BCUT2D eigenvalue weighted by Crippen LogP contribution is -2.27. The van der Waals surface area contributed by atoms with Crippen LogP contribution < -0.4 is 4.90 Å². The lowest BCUT2D eigenvalue weighted by Gasteiger charge is -2.24. The highest BCUT2D eigenvalue weighted by atomic mass is 32.2. The maximum Gasteiger partial charge on any atom is 0.313 e. The van der Waals surface area contributed by atoms with E-state index in [1.54, 1.807) is 0 Å². The van der Waals surface area contributed by atoms with E-state index in [1.807, 2.05) is 11.6 Å². The van der Waals surface area contributed by atoms with Crippen LogP contribution in [0.1, 0.15) is 40.2 Å². The molecular formula is C13H24N4O2S. The van der Waals surface area contributed by atoms with Gasteiger partial charge in [-0.25, -0.2) is 0 Å². The zero-order valence-electron chi connectivity index (χ0n) is 12.8. The molecule has 7 heteroatoms. The molecule has 0 radical (unpaired) electrons. The topological polar surface area (TPSA) is 71.2 Å². The molecule has 0 fully saturated rings. The number of aliphatic carboxylic acids is 1. The number of anilines is 1. The Morgan fingerprint density at radius 3 is 2.55 bits per heavy atom. The van der Waals surface area contributed by atoms with Gasteiger partial charge >= 0.3 is 5.97 Å². The first kappa shape index (κ1) is 16.8. The summed E-state index contributed by atoms with van der Waals surface area (Å²) in [6.45, 7) is 9.38. The molecule has 1 heterocycles. The fourth-order valence-electron chi connectivity index (χ4n) is 1.88. The molecule has 1 aromatic heterocycles. The molecule has 0 spiro atoms. The number of hydrogen-bond donors (Lipinski definition) is 1. The molecule has 0 aromatic carbocycles. The van der Waals surface area contributed by atoms with Gasteiger partial charge in [0.25, 0.3) is 0 Å². The van der Waals surface area contributed by atoms with Gasteiger partial charge in [-0.1, -0.05) is 32.0 Å². The van der Waals surface area contributed by atoms with E-state index in [2.05, 4.69) is 42.8 Å². The Morgan fingerprint density at radius 1 is 1.40 bits per heavy atom. The van der Waals surface area contributed by atoms with Gasteiger partial charge < -0.3 is 10.0 Å². The third kappa shape index (κ3) is 4.40. The molecule has 1 rings (SSSR count). The van der Waals surface area contributed by atoms with Crippen LogP contribution in [0.25, 0.3) is 0 Å². The Hall–Kier alpha value is -1.24. The van der Waals surface area contributed by atoms with E-state index in [1.165, 1.54) is 11.8 Å². The molecule has 0 amide bonds. The molecule has 0 aliphatic rings. The number of aromatic nitrogens is 3. The molecule has 0 aliphatic heterocycles. The smallest absolute Gasteiger partial charge is 0.313 e. The minimum atomic E-state index is -0.845. The molecular weight excluding hydrogens is 276 g/mol. The number of hydrogen-bond acceptors (Lipinski definition) is 5. The lowest BCUT2D eigenvalue weighted by atomic mass is 10.1. The number of carboxylic acid groups (broad SMARTS) is 1. The Kier molecular flexibility index (Phi) is 6.32. The van der Waals surface area contributed by atoms with Gasteiger partial charge in [-0.15, -0.1) is 10.2 Å². The minimum absolute atomic E-state index is 0.0000691. The number of nitrogens with zero attached hydrogens (tertiary/aromatic N) is 4. The van der Waals surface area contributed by atoms with E-state index in [-0.39, 0.29) is 11.8 Å². The lowest BCUT2D eigenvalue weighted by molar-refractivity contribution is -0.133. The molecule has 0 bridgehead atoms. The zero-order valence-corrected chi connectivity index (χ0v) is 13.6. The SMILES string of the molecule is CCC(C)CN(C)c1nnc(SCC(=O)O)n1C(C)C. The Morgan fingerprint density at radius 2 is 2.05 bits per heavy atom. The van der Waals surface area contributed by atoms with E-state index in [0.29, 0.717) is 11.1 Å². The minimum Gasteiger partial charge on any atom is -0.481 e. The standard InChI is InChI=1S/C13H24N4O2S/c1-6-10(4)7-16(5)12-14-15-13(17(12)9(2)3)20-8-11(18)19/h9-10H,6-8H2,1-5H3,(H,18,19). The second kappa shape index (κ2) is 7.52. The summed E-state index contributed by atoms with van der Waals surface area (Å²) in [5, 5.41) is 17.8. The van der Waals surface area contributed by atoms with Gasteiger partial charge in [0, 0.05) is 19.6 Å². The second-order valence-electron chi connectivity index (χ2n) is 5.32. The van der Waals surface area contributed by atoms with Gasteiger partial charge in [0.2, 0.25) is 5.95 Å². The Bertz CT molecular complexity index is 448. The van der Waals surface area contributed by atoms with Crippen LogP contribution in [0.15, 0.2) is 5.16 Å². The van der Waals surface area contributed by atoms with Crippen molar-refractivity contribution in [1.29, 1.82) is 0 Å². The number of carbonyl (C=O) groups is 1. The van der Waals surface area contributed by atoms with Crippen LogP contribution in [0.2, 0.25) is 0 Å². The van der Waals surface area contributed by atoms with E-state index in [0.717, 1.165) is 18.9 Å². The summed E-state index contributed by atoms with van der Waals surface area (Å²) in [6.07, 6.45) is 1.11. The zero-order chi connectivity index (χ0) is 15.3. The predicted molar refractivity (Wildman–Crippen MR) is 81.5 cm³/mol. The van der Waals surface area contributed by atoms with Crippen LogP contribution in [0.4, 0.5) is 5.95 Å². The van der Waals surface area contributed by atoms with Crippen molar-refractivity contribution in [3.05, 3.63) is 0 Å². The summed E-state index contributed by atoms with van der Waals surface area (Å²) >= 11 is 1.21. The molecule has 1 unspecified atom stereocenters. The van der Waals surface area contributed by atoms with Crippen molar-refractivity contribution in [3.8, 4) is 0 Å². The van der Waals surface area contributed by atoms with Crippen LogP contribution >= 0.6 is 11.8 Å². The molecule has 6 nitrogen and oxygen atoms in total. The first-order valence-corrected chi connectivity index (χ1v) is 7.86. The van der Waals surface area contributed by atoms with Crippen LogP contribution in [-0.4, -0.2) is 45.2 Å². The highest BCUT2D eigenvalue weighted by molar-refractivity contribution is 7.99. The summed E-state index contributed by atoms with van der Waals surface area (Å²) in [4.78, 5) is 12.8. The summed E-state index contributed by atoms with van der Waals surface area (Å²) in [5.41, 5.74) is 0. The fourth-order valence-corrected chi connectivity index (χ4v) is 2.67. The monoisotopic (exact) mass is 300 g/mol. The average Bonchev–Trinajstić information content (AvgIpc) is 2.79. The number of carboxylic acids is 1. The quantitative estimate of drug-likeness (QED) is 0.744. The summed E-state index contributed by atoms with van der Waals surface area (Å²) in [6, 6.07) is 0.190. The first-order valence-electron chi connectivity index (χ1n) is 6.87. The van der Waals surface area contributed by atoms with Gasteiger partial charge in [0.05, 0.1) is 5.75 Å². The number of rotatable bonds is 8. The van der Waals surface area contributed by atoms with Crippen molar-refractivity contribution in [2.75, 3.05) is 24.2 Å². The molecule has 0 saturated heterocycles. The average molecular weight is 300 g/mol. The van der Waals surface area contributed by atoms with Crippen molar-refractivity contribution in [2.45, 2.75) is 45.3 Å². The third-order valence-corrected chi connectivity index (χ3v) is 4.04. The maximum atomic E-state index is 10.7. The van der Waals surface area contributed by atoms with Gasteiger partial charge in [-0.3, -0.25) is 9.36 Å². The van der Waals surface area contributed by atoms with Crippen LogP contribution in [0.5, 0.6) is 0 Å². The van der Waals surface area contributed by atoms with E-state index in [4.69, 9.17) is 5.11 Å². The van der Waals surface area contributed by atoms with Crippen molar-refractivity contribution < 1.29 is 9.90 Å². The molecule has 0 saturated carbocycles. The maximum absolute atomic E-state index is 10.7. The van der Waals surface area contributed by atoms with Crippen LogP contribution in [0.3, 0.4) is 0 Å². The Labute approximate surface area is 124 Å². The second-order valence-corrected chi connectivity index (χ2v) is 6.27. The van der Waals surface area contributed by atoms with Gasteiger partial charge in [-0.2, -0.15) is 0 Å². The van der Waals surface area contributed by atoms with Gasteiger partial charge in [0.1, 0.15) is 0 Å². The number of thioether (sulfide) groups is 1. The molecule has 1 aromatic rings. The molecule has 0 aliphatic carbocycles. The summed E-state index contributed by atoms with van der Waals surface area (Å²) in [7, 11) is 2.00. The van der Waals surface area contributed by atoms with Crippen LogP contribution in [-0.2, 0) is 4.79 Å².